The first kappa shape index (κ1) is 16.6. The van der Waals surface area contributed by atoms with Crippen molar-refractivity contribution in [1.29, 1.82) is 0 Å². The van der Waals surface area contributed by atoms with Crippen molar-refractivity contribution in [2.45, 2.75) is 25.3 Å². The van der Waals surface area contributed by atoms with Gasteiger partial charge in [-0.25, -0.2) is 4.98 Å². The molecule has 5 heteroatoms. The first-order valence-corrected chi connectivity index (χ1v) is 9.11. The predicted octanol–water partition coefficient (Wildman–Crippen LogP) is 3.54. The molecular formula is C21H24N4O. The van der Waals surface area contributed by atoms with Crippen LogP contribution in [0.4, 0.5) is 5.82 Å². The fourth-order valence-corrected chi connectivity index (χ4v) is 3.84. The fraction of sp³-hybridized carbons (Fsp3) is 0.333. The molecule has 0 aliphatic carbocycles. The molecule has 1 N–H and O–H groups in total. The SMILES string of the molecule is CN(C)c1cc(C2CCCN2C(=O)Cc2c[nH]c3ccccc23)ccn1. The second-order valence-electron chi connectivity index (χ2n) is 7.12. The van der Waals surface area contributed by atoms with E-state index in [1.807, 2.05) is 60.6 Å². The molecule has 5 nitrogen and oxygen atoms in total. The number of fused-ring (bicyclic) bond motifs is 1. The zero-order valence-electron chi connectivity index (χ0n) is 15.3. The zero-order valence-corrected chi connectivity index (χ0v) is 15.3. The van der Waals surface area contributed by atoms with Gasteiger partial charge in [0.05, 0.1) is 12.5 Å². The standard InChI is InChI=1S/C21H24N4O/c1-24(2)20-12-15(9-10-22-20)19-8-5-11-25(19)21(26)13-16-14-23-18-7-4-3-6-17(16)18/h3-4,6-7,9-10,12,14,19,23H,5,8,11,13H2,1-2H3. The molecule has 0 radical (unpaired) electrons. The molecule has 2 aromatic heterocycles. The van der Waals surface area contributed by atoms with Gasteiger partial charge in [0.25, 0.3) is 0 Å². The van der Waals surface area contributed by atoms with Crippen LogP contribution < -0.4 is 4.90 Å². The van der Waals surface area contributed by atoms with Crippen molar-refractivity contribution in [3.05, 3.63) is 59.9 Å². The van der Waals surface area contributed by atoms with Crippen LogP contribution in [0.25, 0.3) is 10.9 Å². The Bertz CT molecular complexity index is 930. The minimum atomic E-state index is 0.148. The molecular weight excluding hydrogens is 324 g/mol. The highest BCUT2D eigenvalue weighted by Gasteiger charge is 2.30. The molecule has 1 fully saturated rings. The summed E-state index contributed by atoms with van der Waals surface area (Å²) in [6, 6.07) is 12.4. The number of pyridine rings is 1. The number of carbonyl (C=O) groups excluding carboxylic acids is 1. The van der Waals surface area contributed by atoms with Crippen molar-refractivity contribution in [3.63, 3.8) is 0 Å². The number of benzene rings is 1. The zero-order chi connectivity index (χ0) is 18.1. The summed E-state index contributed by atoms with van der Waals surface area (Å²) in [7, 11) is 3.97. The van der Waals surface area contributed by atoms with E-state index in [2.05, 4.69) is 22.1 Å². The lowest BCUT2D eigenvalue weighted by Crippen LogP contribution is -2.32. The summed E-state index contributed by atoms with van der Waals surface area (Å²) in [6.45, 7) is 0.825. The molecule has 134 valence electrons. The first-order valence-electron chi connectivity index (χ1n) is 9.11. The fourth-order valence-electron chi connectivity index (χ4n) is 3.84. The molecule has 26 heavy (non-hydrogen) atoms. The maximum atomic E-state index is 13.0. The van der Waals surface area contributed by atoms with Crippen molar-refractivity contribution in [3.8, 4) is 0 Å². The Morgan fingerprint density at radius 1 is 1.31 bits per heavy atom. The molecule has 3 aromatic rings. The molecule has 0 saturated carbocycles. The molecule has 1 aliphatic rings. The predicted molar refractivity (Wildman–Crippen MR) is 104 cm³/mol. The summed E-state index contributed by atoms with van der Waals surface area (Å²) in [5, 5.41) is 1.13. The minimum absolute atomic E-state index is 0.148. The van der Waals surface area contributed by atoms with Crippen LogP contribution in [-0.4, -0.2) is 41.4 Å². The van der Waals surface area contributed by atoms with Gasteiger partial charge >= 0.3 is 0 Å². The quantitative estimate of drug-likeness (QED) is 0.785. The average Bonchev–Trinajstić information content (AvgIpc) is 3.29. The Kier molecular flexibility index (Phi) is 4.37. The number of rotatable bonds is 4. The lowest BCUT2D eigenvalue weighted by Gasteiger charge is -2.26. The third-order valence-electron chi connectivity index (χ3n) is 5.20. The number of para-hydroxylation sites is 1. The maximum Gasteiger partial charge on any atom is 0.227 e. The van der Waals surface area contributed by atoms with Gasteiger partial charge in [-0.05, 0) is 42.2 Å². The number of nitrogens with one attached hydrogen (secondary N) is 1. The highest BCUT2D eigenvalue weighted by atomic mass is 16.2. The second-order valence-corrected chi connectivity index (χ2v) is 7.12. The summed E-state index contributed by atoms with van der Waals surface area (Å²) in [4.78, 5) is 24.7. The molecule has 1 unspecified atom stereocenters. The van der Waals surface area contributed by atoms with Crippen LogP contribution in [0, 0.1) is 0 Å². The van der Waals surface area contributed by atoms with Gasteiger partial charge in [0.15, 0.2) is 0 Å². The Morgan fingerprint density at radius 3 is 3.00 bits per heavy atom. The van der Waals surface area contributed by atoms with Gasteiger partial charge in [-0.1, -0.05) is 18.2 Å². The summed E-state index contributed by atoms with van der Waals surface area (Å²) in [5.74, 6) is 1.12. The van der Waals surface area contributed by atoms with E-state index >= 15 is 0 Å². The van der Waals surface area contributed by atoms with Gasteiger partial charge in [0.2, 0.25) is 5.91 Å². The van der Waals surface area contributed by atoms with Crippen LogP contribution in [-0.2, 0) is 11.2 Å². The van der Waals surface area contributed by atoms with Crippen LogP contribution in [0.2, 0.25) is 0 Å². The molecule has 0 spiro atoms. The van der Waals surface area contributed by atoms with Crippen LogP contribution in [0.3, 0.4) is 0 Å². The van der Waals surface area contributed by atoms with Crippen molar-refractivity contribution in [1.82, 2.24) is 14.9 Å². The molecule has 4 rings (SSSR count). The van der Waals surface area contributed by atoms with Gasteiger partial charge in [0.1, 0.15) is 5.82 Å². The Balaban J connectivity index is 1.56. The number of H-pyrrole nitrogens is 1. The van der Waals surface area contributed by atoms with Gasteiger partial charge in [-0.2, -0.15) is 0 Å². The number of amides is 1. The third kappa shape index (κ3) is 3.05. The van der Waals surface area contributed by atoms with E-state index in [-0.39, 0.29) is 11.9 Å². The van der Waals surface area contributed by atoms with Gasteiger partial charge < -0.3 is 14.8 Å². The van der Waals surface area contributed by atoms with E-state index in [1.54, 1.807) is 0 Å². The monoisotopic (exact) mass is 348 g/mol. The first-order chi connectivity index (χ1) is 12.6. The number of carbonyl (C=O) groups is 1. The molecule has 1 atom stereocenters. The maximum absolute atomic E-state index is 13.0. The molecule has 1 saturated heterocycles. The second kappa shape index (κ2) is 6.83. The van der Waals surface area contributed by atoms with E-state index in [0.29, 0.717) is 6.42 Å². The number of nitrogens with zero attached hydrogens (tertiary/aromatic N) is 3. The van der Waals surface area contributed by atoms with Crippen molar-refractivity contribution in [2.24, 2.45) is 0 Å². The average molecular weight is 348 g/mol. The summed E-state index contributed by atoms with van der Waals surface area (Å²) in [5.41, 5.74) is 3.33. The molecule has 1 aromatic carbocycles. The van der Waals surface area contributed by atoms with E-state index in [9.17, 15) is 4.79 Å². The van der Waals surface area contributed by atoms with Crippen molar-refractivity contribution in [2.75, 3.05) is 25.5 Å². The molecule has 1 aliphatic heterocycles. The van der Waals surface area contributed by atoms with Crippen molar-refractivity contribution >= 4 is 22.6 Å². The smallest absolute Gasteiger partial charge is 0.227 e. The largest absolute Gasteiger partial charge is 0.363 e. The molecule has 3 heterocycles. The highest BCUT2D eigenvalue weighted by molar-refractivity contribution is 5.89. The van der Waals surface area contributed by atoms with E-state index in [1.165, 1.54) is 5.56 Å². The summed E-state index contributed by atoms with van der Waals surface area (Å²) >= 11 is 0. The number of anilines is 1. The van der Waals surface area contributed by atoms with E-state index in [0.717, 1.165) is 41.7 Å². The van der Waals surface area contributed by atoms with Gasteiger partial charge in [-0.3, -0.25) is 4.79 Å². The Labute approximate surface area is 153 Å². The highest BCUT2D eigenvalue weighted by Crippen LogP contribution is 2.33. The van der Waals surface area contributed by atoms with Gasteiger partial charge in [0, 0.05) is 43.9 Å². The lowest BCUT2D eigenvalue weighted by molar-refractivity contribution is -0.131. The Morgan fingerprint density at radius 2 is 2.15 bits per heavy atom. The van der Waals surface area contributed by atoms with Crippen LogP contribution in [0.5, 0.6) is 0 Å². The van der Waals surface area contributed by atoms with Crippen LogP contribution in [0.1, 0.15) is 30.0 Å². The Hall–Kier alpha value is -2.82. The lowest BCUT2D eigenvalue weighted by atomic mass is 10.0. The van der Waals surface area contributed by atoms with Gasteiger partial charge in [-0.15, -0.1) is 0 Å². The number of aromatic nitrogens is 2. The normalized spacial score (nSPS) is 17.0. The number of likely N-dealkylation sites (tertiary alicyclic amines) is 1. The van der Waals surface area contributed by atoms with E-state index < -0.39 is 0 Å². The van der Waals surface area contributed by atoms with E-state index in [4.69, 9.17) is 0 Å². The van der Waals surface area contributed by atoms with Crippen LogP contribution in [0.15, 0.2) is 48.8 Å². The number of aromatic amines is 1. The molecule has 1 amide bonds. The topological polar surface area (TPSA) is 52.2 Å². The van der Waals surface area contributed by atoms with Crippen LogP contribution >= 0.6 is 0 Å². The minimum Gasteiger partial charge on any atom is -0.363 e. The van der Waals surface area contributed by atoms with Crippen molar-refractivity contribution < 1.29 is 4.79 Å². The number of hydrogen-bond donors (Lipinski definition) is 1. The summed E-state index contributed by atoms with van der Waals surface area (Å²) < 4.78 is 0. The summed E-state index contributed by atoms with van der Waals surface area (Å²) in [6.07, 6.45) is 6.29. The number of hydrogen-bond acceptors (Lipinski definition) is 3. The molecule has 0 bridgehead atoms. The third-order valence-corrected chi connectivity index (χ3v) is 5.20.